The molecule has 0 saturated carbocycles. The highest BCUT2D eigenvalue weighted by Crippen LogP contribution is 2.22. The van der Waals surface area contributed by atoms with Crippen LogP contribution in [-0.4, -0.2) is 49.6 Å². The van der Waals surface area contributed by atoms with E-state index in [4.69, 9.17) is 16.3 Å². The minimum absolute atomic E-state index is 0.181. The smallest absolute Gasteiger partial charge is 0.247 e. The normalized spacial score (nSPS) is 19.4. The van der Waals surface area contributed by atoms with E-state index in [9.17, 15) is 9.59 Å². The predicted octanol–water partition coefficient (Wildman–Crippen LogP) is 1.39. The van der Waals surface area contributed by atoms with Gasteiger partial charge in [0.25, 0.3) is 0 Å². The minimum Gasteiger partial charge on any atom is -0.382 e. The van der Waals surface area contributed by atoms with Gasteiger partial charge in [-0.25, -0.2) is 0 Å². The molecule has 2 amide bonds. The third-order valence-electron chi connectivity index (χ3n) is 2.92. The van der Waals surface area contributed by atoms with Gasteiger partial charge in [-0.1, -0.05) is 11.6 Å². The van der Waals surface area contributed by atoms with Gasteiger partial charge in [-0.2, -0.15) is 0 Å². The molecule has 0 radical (unpaired) electrons. The molecule has 108 valence electrons. The number of methoxy groups -OCH3 is 1. The summed E-state index contributed by atoms with van der Waals surface area (Å²) in [7, 11) is 1.51. The lowest BCUT2D eigenvalue weighted by molar-refractivity contribution is -0.142. The second-order valence-electron chi connectivity index (χ2n) is 4.27. The van der Waals surface area contributed by atoms with Crippen LogP contribution in [0.3, 0.4) is 0 Å². The topological polar surface area (TPSA) is 58.6 Å². The van der Waals surface area contributed by atoms with E-state index in [-0.39, 0.29) is 18.4 Å². The monoisotopic (exact) mass is 314 g/mol. The molecular formula is C13H15ClN2O3S. The first kappa shape index (κ1) is 15.0. The highest BCUT2D eigenvalue weighted by Gasteiger charge is 2.31. The molecule has 0 aromatic carbocycles. The number of nitrogens with one attached hydrogen (secondary N) is 1. The van der Waals surface area contributed by atoms with Crippen molar-refractivity contribution in [3.8, 4) is 0 Å². The van der Waals surface area contributed by atoms with Crippen molar-refractivity contribution < 1.29 is 14.3 Å². The molecule has 5 nitrogen and oxygen atoms in total. The molecule has 0 aliphatic carbocycles. The van der Waals surface area contributed by atoms with E-state index in [0.717, 1.165) is 4.88 Å². The maximum Gasteiger partial charge on any atom is 0.247 e. The molecule has 1 fully saturated rings. The Morgan fingerprint density at radius 2 is 2.45 bits per heavy atom. The molecule has 0 spiro atoms. The van der Waals surface area contributed by atoms with Crippen LogP contribution in [-0.2, 0) is 14.3 Å². The Morgan fingerprint density at radius 1 is 1.65 bits per heavy atom. The van der Waals surface area contributed by atoms with Crippen molar-refractivity contribution in [1.82, 2.24) is 10.2 Å². The molecule has 1 aromatic rings. The van der Waals surface area contributed by atoms with Crippen LogP contribution in [0.1, 0.15) is 4.88 Å². The Balaban J connectivity index is 2.06. The van der Waals surface area contributed by atoms with Gasteiger partial charge in [-0.3, -0.25) is 9.59 Å². The average Bonchev–Trinajstić information content (AvgIpc) is 2.84. The van der Waals surface area contributed by atoms with Gasteiger partial charge in [0.15, 0.2) is 0 Å². The number of piperazine rings is 1. The second kappa shape index (κ2) is 6.88. The predicted molar refractivity (Wildman–Crippen MR) is 78.7 cm³/mol. The molecule has 1 aromatic heterocycles. The van der Waals surface area contributed by atoms with Crippen molar-refractivity contribution in [3.63, 3.8) is 0 Å². The second-order valence-corrected chi connectivity index (χ2v) is 6.02. The van der Waals surface area contributed by atoms with Crippen LogP contribution in [0.4, 0.5) is 0 Å². The molecule has 0 bridgehead atoms. The molecule has 2 rings (SSSR count). The number of hydrogen-bond donors (Lipinski definition) is 1. The summed E-state index contributed by atoms with van der Waals surface area (Å²) in [4.78, 5) is 26.4. The summed E-state index contributed by atoms with van der Waals surface area (Å²) in [5, 5.41) is 2.73. The van der Waals surface area contributed by atoms with Crippen molar-refractivity contribution in [2.24, 2.45) is 0 Å². The van der Waals surface area contributed by atoms with E-state index in [1.165, 1.54) is 29.4 Å². The number of amides is 2. The van der Waals surface area contributed by atoms with E-state index in [1.807, 2.05) is 6.07 Å². The van der Waals surface area contributed by atoms with Crippen LogP contribution in [0, 0.1) is 0 Å². The fraction of sp³-hybridized carbons (Fsp3) is 0.385. The lowest BCUT2D eigenvalue weighted by atomic mass is 10.2. The Morgan fingerprint density at radius 3 is 3.10 bits per heavy atom. The van der Waals surface area contributed by atoms with Crippen LogP contribution in [0.2, 0.25) is 4.34 Å². The molecule has 1 atom stereocenters. The number of rotatable bonds is 4. The number of carbonyl (C=O) groups excluding carboxylic acids is 2. The van der Waals surface area contributed by atoms with E-state index >= 15 is 0 Å². The molecule has 1 saturated heterocycles. The summed E-state index contributed by atoms with van der Waals surface area (Å²) in [6, 6.07) is 3.04. The molecule has 1 unspecified atom stereocenters. The minimum atomic E-state index is -0.571. The van der Waals surface area contributed by atoms with Crippen LogP contribution >= 0.6 is 22.9 Å². The zero-order chi connectivity index (χ0) is 14.5. The maximum atomic E-state index is 12.2. The highest BCUT2D eigenvalue weighted by atomic mass is 35.5. The number of hydrogen-bond acceptors (Lipinski definition) is 4. The van der Waals surface area contributed by atoms with E-state index in [1.54, 1.807) is 12.1 Å². The van der Waals surface area contributed by atoms with Gasteiger partial charge < -0.3 is 15.0 Å². The lowest BCUT2D eigenvalue weighted by Gasteiger charge is -2.33. The van der Waals surface area contributed by atoms with Gasteiger partial charge in [0.05, 0.1) is 10.9 Å². The molecule has 20 heavy (non-hydrogen) atoms. The van der Waals surface area contributed by atoms with Crippen molar-refractivity contribution >= 4 is 40.8 Å². The Kier molecular flexibility index (Phi) is 5.17. The third kappa shape index (κ3) is 3.59. The quantitative estimate of drug-likeness (QED) is 0.854. The number of halogens is 1. The molecular weight excluding hydrogens is 300 g/mol. The lowest BCUT2D eigenvalue weighted by Crippen LogP contribution is -2.58. The SMILES string of the molecule is COCC1C(=O)NCCN1C(=O)C=Cc1ccc(Cl)s1. The Bertz CT molecular complexity index is 529. The van der Waals surface area contributed by atoms with Crippen LogP contribution in [0.25, 0.3) is 6.08 Å². The first-order chi connectivity index (χ1) is 9.61. The van der Waals surface area contributed by atoms with Crippen LogP contribution < -0.4 is 5.32 Å². The van der Waals surface area contributed by atoms with Crippen molar-refractivity contribution in [3.05, 3.63) is 27.4 Å². The van der Waals surface area contributed by atoms with Gasteiger partial charge in [-0.05, 0) is 18.2 Å². The van der Waals surface area contributed by atoms with Crippen molar-refractivity contribution in [2.75, 3.05) is 26.8 Å². The molecule has 1 aliphatic heterocycles. The summed E-state index contributed by atoms with van der Waals surface area (Å²) < 4.78 is 5.68. The summed E-state index contributed by atoms with van der Waals surface area (Å²) in [6.45, 7) is 1.13. The van der Waals surface area contributed by atoms with E-state index in [2.05, 4.69) is 5.32 Å². The molecule has 2 heterocycles. The Hall–Kier alpha value is -1.37. The standard InChI is InChI=1S/C13H15ClN2O3S/c1-19-8-10-13(18)15-6-7-16(10)12(17)5-3-9-2-4-11(14)20-9/h2-5,10H,6-8H2,1H3,(H,15,18). The Labute approximate surface area is 126 Å². The average molecular weight is 315 g/mol. The zero-order valence-corrected chi connectivity index (χ0v) is 12.5. The number of carbonyl (C=O) groups is 2. The van der Waals surface area contributed by atoms with Gasteiger partial charge >= 0.3 is 0 Å². The van der Waals surface area contributed by atoms with Crippen LogP contribution in [0.5, 0.6) is 0 Å². The fourth-order valence-electron chi connectivity index (χ4n) is 1.97. The number of thiophene rings is 1. The third-order valence-corrected chi connectivity index (χ3v) is 4.12. The summed E-state index contributed by atoms with van der Waals surface area (Å²) >= 11 is 7.22. The van der Waals surface area contributed by atoms with E-state index < -0.39 is 6.04 Å². The summed E-state index contributed by atoms with van der Waals surface area (Å²) in [5.74, 6) is -0.384. The fourth-order valence-corrected chi connectivity index (χ4v) is 2.93. The van der Waals surface area contributed by atoms with Gasteiger partial charge in [0.1, 0.15) is 6.04 Å². The first-order valence-corrected chi connectivity index (χ1v) is 7.32. The van der Waals surface area contributed by atoms with Gasteiger partial charge in [-0.15, -0.1) is 11.3 Å². The van der Waals surface area contributed by atoms with Crippen molar-refractivity contribution in [2.45, 2.75) is 6.04 Å². The largest absolute Gasteiger partial charge is 0.382 e. The van der Waals surface area contributed by atoms with Gasteiger partial charge in [0, 0.05) is 31.2 Å². The van der Waals surface area contributed by atoms with E-state index in [0.29, 0.717) is 17.4 Å². The molecule has 1 aliphatic rings. The number of nitrogens with zero attached hydrogens (tertiary/aromatic N) is 1. The highest BCUT2D eigenvalue weighted by molar-refractivity contribution is 7.17. The zero-order valence-electron chi connectivity index (χ0n) is 11.0. The summed E-state index contributed by atoms with van der Waals surface area (Å²) in [5.41, 5.74) is 0. The molecule has 7 heteroatoms. The van der Waals surface area contributed by atoms with Crippen molar-refractivity contribution in [1.29, 1.82) is 0 Å². The van der Waals surface area contributed by atoms with Crippen LogP contribution in [0.15, 0.2) is 18.2 Å². The first-order valence-electron chi connectivity index (χ1n) is 6.12. The maximum absolute atomic E-state index is 12.2. The molecule has 1 N–H and O–H groups in total. The van der Waals surface area contributed by atoms with Gasteiger partial charge in [0.2, 0.25) is 11.8 Å². The number of ether oxygens (including phenoxy) is 1. The summed E-state index contributed by atoms with van der Waals surface area (Å²) in [6.07, 6.45) is 3.17.